The monoisotopic (exact) mass is 220 g/mol. The molecule has 4 nitrogen and oxygen atoms in total. The minimum atomic E-state index is 0.521. The van der Waals surface area contributed by atoms with Gasteiger partial charge >= 0.3 is 0 Å². The van der Waals surface area contributed by atoms with Crippen LogP contribution >= 0.6 is 0 Å². The highest BCUT2D eigenvalue weighted by molar-refractivity contribution is 5.60. The van der Waals surface area contributed by atoms with Crippen LogP contribution in [-0.4, -0.2) is 26.8 Å². The molecule has 1 aliphatic rings. The molecule has 0 bridgehead atoms. The largest absolute Gasteiger partial charge is 0.383 e. The van der Waals surface area contributed by atoms with Gasteiger partial charge in [0.1, 0.15) is 5.69 Å². The van der Waals surface area contributed by atoms with Crippen molar-refractivity contribution in [1.82, 2.24) is 0 Å². The Morgan fingerprint density at radius 3 is 3.12 bits per heavy atom. The molecule has 2 rings (SSSR count). The van der Waals surface area contributed by atoms with Gasteiger partial charge in [-0.2, -0.15) is 0 Å². The molecule has 4 heteroatoms. The second kappa shape index (κ2) is 5.07. The van der Waals surface area contributed by atoms with E-state index in [4.69, 9.17) is 4.74 Å². The summed E-state index contributed by atoms with van der Waals surface area (Å²) in [6.45, 7) is 2.69. The van der Waals surface area contributed by atoms with Gasteiger partial charge in [0.15, 0.2) is 0 Å². The number of hydrogen-bond donors (Lipinski definition) is 0. The number of aryl methyl sites for hydroxylation is 1. The first-order valence-electron chi connectivity index (χ1n) is 5.55. The second-order valence-electron chi connectivity index (χ2n) is 3.99. The summed E-state index contributed by atoms with van der Waals surface area (Å²) in [7, 11) is 1.71. The smallest absolute Gasteiger partial charge is 0.108 e. The fourth-order valence-corrected chi connectivity index (χ4v) is 2.15. The third-order valence-electron chi connectivity index (χ3n) is 2.95. The molecule has 0 aromatic heterocycles. The molecule has 0 saturated heterocycles. The average Bonchev–Trinajstić information content (AvgIpc) is 2.35. The standard InChI is InChI=1S/C12H16N2O2/c1-16-8-7-14-6-2-3-10-9-11(13-15)4-5-12(10)14/h4-5,9H,2-3,6-8H2,1H3. The first kappa shape index (κ1) is 11.1. The number of rotatable bonds is 4. The van der Waals surface area contributed by atoms with Crippen LogP contribution in [0.3, 0.4) is 0 Å². The minimum Gasteiger partial charge on any atom is -0.383 e. The maximum absolute atomic E-state index is 10.5. The summed E-state index contributed by atoms with van der Waals surface area (Å²) >= 11 is 0. The Balaban J connectivity index is 2.21. The van der Waals surface area contributed by atoms with Gasteiger partial charge in [-0.1, -0.05) is 0 Å². The van der Waals surface area contributed by atoms with Crippen LogP contribution in [0.2, 0.25) is 0 Å². The maximum atomic E-state index is 10.5. The van der Waals surface area contributed by atoms with Crippen LogP contribution in [0.15, 0.2) is 23.4 Å². The number of benzene rings is 1. The van der Waals surface area contributed by atoms with Crippen molar-refractivity contribution in [3.63, 3.8) is 0 Å². The molecule has 0 N–H and O–H groups in total. The van der Waals surface area contributed by atoms with Gasteiger partial charge in [0, 0.05) is 25.9 Å². The lowest BCUT2D eigenvalue weighted by Gasteiger charge is -2.31. The highest BCUT2D eigenvalue weighted by Crippen LogP contribution is 2.30. The van der Waals surface area contributed by atoms with Crippen molar-refractivity contribution in [2.24, 2.45) is 5.18 Å². The number of anilines is 1. The highest BCUT2D eigenvalue weighted by Gasteiger charge is 2.16. The minimum absolute atomic E-state index is 0.521. The molecule has 16 heavy (non-hydrogen) atoms. The summed E-state index contributed by atoms with van der Waals surface area (Å²) in [4.78, 5) is 12.8. The third-order valence-corrected chi connectivity index (χ3v) is 2.95. The fourth-order valence-electron chi connectivity index (χ4n) is 2.15. The Morgan fingerprint density at radius 2 is 2.38 bits per heavy atom. The number of methoxy groups -OCH3 is 1. The molecular weight excluding hydrogens is 204 g/mol. The molecule has 1 heterocycles. The zero-order valence-electron chi connectivity index (χ0n) is 9.48. The number of hydrogen-bond acceptors (Lipinski definition) is 4. The molecule has 0 saturated carbocycles. The molecule has 0 radical (unpaired) electrons. The van der Waals surface area contributed by atoms with Crippen LogP contribution in [0.5, 0.6) is 0 Å². The van der Waals surface area contributed by atoms with E-state index in [9.17, 15) is 4.91 Å². The van der Waals surface area contributed by atoms with Crippen LogP contribution in [0.1, 0.15) is 12.0 Å². The van der Waals surface area contributed by atoms with Gasteiger partial charge in [0.25, 0.3) is 0 Å². The van der Waals surface area contributed by atoms with E-state index in [-0.39, 0.29) is 0 Å². The number of nitroso groups, excluding NO2 is 1. The highest BCUT2D eigenvalue weighted by atomic mass is 16.5. The maximum Gasteiger partial charge on any atom is 0.108 e. The molecule has 1 aromatic carbocycles. The van der Waals surface area contributed by atoms with E-state index in [2.05, 4.69) is 10.1 Å². The first-order valence-corrected chi connectivity index (χ1v) is 5.55. The summed E-state index contributed by atoms with van der Waals surface area (Å²) < 4.78 is 5.09. The average molecular weight is 220 g/mol. The molecule has 0 spiro atoms. The predicted octanol–water partition coefficient (Wildman–Crippen LogP) is 2.48. The number of fused-ring (bicyclic) bond motifs is 1. The van der Waals surface area contributed by atoms with Crippen molar-refractivity contribution in [2.75, 3.05) is 31.7 Å². The normalized spacial score (nSPS) is 14.7. The molecule has 0 unspecified atom stereocenters. The van der Waals surface area contributed by atoms with Crippen molar-refractivity contribution in [3.05, 3.63) is 28.7 Å². The van der Waals surface area contributed by atoms with Crippen LogP contribution in [0.4, 0.5) is 11.4 Å². The van der Waals surface area contributed by atoms with E-state index < -0.39 is 0 Å². The Morgan fingerprint density at radius 1 is 1.50 bits per heavy atom. The van der Waals surface area contributed by atoms with Gasteiger partial charge < -0.3 is 9.64 Å². The summed E-state index contributed by atoms with van der Waals surface area (Å²) in [6.07, 6.45) is 2.15. The summed E-state index contributed by atoms with van der Waals surface area (Å²) in [5.74, 6) is 0. The first-order chi connectivity index (χ1) is 7.85. The molecule has 0 fully saturated rings. The Hall–Kier alpha value is -1.42. The van der Waals surface area contributed by atoms with E-state index in [1.165, 1.54) is 11.3 Å². The van der Waals surface area contributed by atoms with Gasteiger partial charge in [-0.15, -0.1) is 4.91 Å². The van der Waals surface area contributed by atoms with E-state index in [1.54, 1.807) is 13.2 Å². The molecular formula is C12H16N2O2. The summed E-state index contributed by atoms with van der Waals surface area (Å²) in [5.41, 5.74) is 2.96. The molecule has 0 amide bonds. The van der Waals surface area contributed by atoms with Crippen molar-refractivity contribution in [3.8, 4) is 0 Å². The lowest BCUT2D eigenvalue weighted by molar-refractivity contribution is 0.205. The topological polar surface area (TPSA) is 41.9 Å². The Labute approximate surface area is 95.2 Å². The van der Waals surface area contributed by atoms with Gasteiger partial charge in [-0.3, -0.25) is 0 Å². The van der Waals surface area contributed by atoms with Crippen LogP contribution in [0, 0.1) is 4.91 Å². The van der Waals surface area contributed by atoms with Gasteiger partial charge in [0.2, 0.25) is 0 Å². The van der Waals surface area contributed by atoms with E-state index >= 15 is 0 Å². The van der Waals surface area contributed by atoms with E-state index in [0.29, 0.717) is 5.69 Å². The van der Waals surface area contributed by atoms with Gasteiger partial charge in [-0.25, -0.2) is 0 Å². The van der Waals surface area contributed by atoms with Crippen LogP contribution in [0.25, 0.3) is 0 Å². The fraction of sp³-hybridized carbons (Fsp3) is 0.500. The van der Waals surface area contributed by atoms with Gasteiger partial charge in [-0.05, 0) is 41.8 Å². The van der Waals surface area contributed by atoms with Crippen molar-refractivity contribution >= 4 is 11.4 Å². The molecule has 1 aliphatic heterocycles. The van der Waals surface area contributed by atoms with Crippen LogP contribution in [-0.2, 0) is 11.2 Å². The zero-order chi connectivity index (χ0) is 11.4. The SMILES string of the molecule is COCCN1CCCc2cc(N=O)ccc21. The lowest BCUT2D eigenvalue weighted by atomic mass is 10.0. The Bertz CT molecular complexity index is 379. The Kier molecular flexibility index (Phi) is 3.51. The van der Waals surface area contributed by atoms with E-state index in [0.717, 1.165) is 32.5 Å². The van der Waals surface area contributed by atoms with Crippen molar-refractivity contribution < 1.29 is 4.74 Å². The molecule has 86 valence electrons. The number of ether oxygens (including phenoxy) is 1. The molecule has 0 aliphatic carbocycles. The van der Waals surface area contributed by atoms with Crippen LogP contribution < -0.4 is 4.90 Å². The number of nitrogens with zero attached hydrogens (tertiary/aromatic N) is 2. The second-order valence-corrected chi connectivity index (χ2v) is 3.99. The lowest BCUT2D eigenvalue weighted by Crippen LogP contribution is -2.32. The van der Waals surface area contributed by atoms with E-state index in [1.807, 2.05) is 12.1 Å². The third kappa shape index (κ3) is 2.22. The van der Waals surface area contributed by atoms with Gasteiger partial charge in [0.05, 0.1) is 6.61 Å². The quantitative estimate of drug-likeness (QED) is 0.732. The molecule has 0 atom stereocenters. The predicted molar refractivity (Wildman–Crippen MR) is 64.3 cm³/mol. The van der Waals surface area contributed by atoms with Crippen molar-refractivity contribution in [1.29, 1.82) is 0 Å². The zero-order valence-corrected chi connectivity index (χ0v) is 9.48. The summed E-state index contributed by atoms with van der Waals surface area (Å²) in [6, 6.07) is 5.65. The molecule has 1 aromatic rings. The van der Waals surface area contributed by atoms with Crippen molar-refractivity contribution in [2.45, 2.75) is 12.8 Å². The summed E-state index contributed by atoms with van der Waals surface area (Å²) in [5, 5.41) is 2.97.